The summed E-state index contributed by atoms with van der Waals surface area (Å²) in [6.45, 7) is 16.4. The van der Waals surface area contributed by atoms with Crippen LogP contribution in [-0.2, 0) is 31.9 Å². The van der Waals surface area contributed by atoms with Gasteiger partial charge in [0.05, 0.1) is 24.9 Å². The van der Waals surface area contributed by atoms with Gasteiger partial charge in [0.1, 0.15) is 0 Å². The van der Waals surface area contributed by atoms with E-state index in [4.69, 9.17) is 4.98 Å². The molecule has 71 heavy (non-hydrogen) atoms. The summed E-state index contributed by atoms with van der Waals surface area (Å²) in [5, 5.41) is 6.25. The number of aromatic nitrogens is 3. The van der Waals surface area contributed by atoms with Crippen LogP contribution in [0.25, 0.3) is 94.3 Å². The second-order valence-electron chi connectivity index (χ2n) is 20.7. The Morgan fingerprint density at radius 3 is 1.89 bits per heavy atom. The number of fused-ring (bicyclic) bond motifs is 9. The molecule has 1 aliphatic rings. The molecule has 11 aromatic rings. The molecule has 0 bridgehead atoms. The standard InChI is InChI=1S/C48H33N2.C18H24NSi.Ir/c1-48(2)42-24-14-13-21-38(42)41-29-34(26-28-43(41)48)47-49-45-39-22-11-9-19-36(39)37-20-10-12-23-40(37)46(45)50(47)44-30-33(31-15-5-3-6-16-31)25-27-35(44)32-17-7-4-8-18-32;1-14(2)11-16-12-17(15-9-7-6-8-10-15)19-13-18(16)20(3,4)5;/h3-25,27-30H,1-2H3;6-9,12-14H,11H2,1-5H3;/q2*-1;. The maximum Gasteiger partial charge on any atom is 0.0859 e. The number of imidazole rings is 1. The van der Waals surface area contributed by atoms with Crippen molar-refractivity contribution in [3.8, 4) is 61.7 Å². The van der Waals surface area contributed by atoms with Crippen LogP contribution in [0.1, 0.15) is 44.4 Å². The first-order chi connectivity index (χ1) is 34.0. The summed E-state index contributed by atoms with van der Waals surface area (Å²) in [6, 6.07) is 76.5. The predicted octanol–water partition coefficient (Wildman–Crippen LogP) is 16.7. The van der Waals surface area contributed by atoms with E-state index in [9.17, 15) is 0 Å². The molecule has 12 rings (SSSR count). The zero-order chi connectivity index (χ0) is 48.1. The van der Waals surface area contributed by atoms with Gasteiger partial charge in [0.25, 0.3) is 0 Å². The van der Waals surface area contributed by atoms with Gasteiger partial charge >= 0.3 is 0 Å². The molecule has 2 heterocycles. The van der Waals surface area contributed by atoms with Crippen LogP contribution >= 0.6 is 0 Å². The molecule has 5 heteroatoms. The van der Waals surface area contributed by atoms with Gasteiger partial charge in [-0.2, -0.15) is 0 Å². The van der Waals surface area contributed by atoms with Crippen molar-refractivity contribution in [2.75, 3.05) is 0 Å². The van der Waals surface area contributed by atoms with Gasteiger partial charge in [-0.15, -0.1) is 65.2 Å². The Bertz CT molecular complexity index is 3720. The van der Waals surface area contributed by atoms with Crippen molar-refractivity contribution < 1.29 is 20.1 Å². The van der Waals surface area contributed by atoms with Crippen LogP contribution in [0.15, 0.2) is 200 Å². The minimum absolute atomic E-state index is 0. The first-order valence-corrected chi connectivity index (χ1v) is 28.2. The van der Waals surface area contributed by atoms with Gasteiger partial charge in [-0.3, -0.25) is 4.98 Å². The molecule has 0 saturated heterocycles. The fourth-order valence-electron chi connectivity index (χ4n) is 10.8. The van der Waals surface area contributed by atoms with Crippen molar-refractivity contribution in [3.63, 3.8) is 0 Å². The molecule has 9 aromatic carbocycles. The molecule has 0 fully saturated rings. The summed E-state index contributed by atoms with van der Waals surface area (Å²) in [4.78, 5) is 10.3. The Kier molecular flexibility index (Phi) is 13.0. The molecule has 351 valence electrons. The summed E-state index contributed by atoms with van der Waals surface area (Å²) < 4.78 is 2.42. The Labute approximate surface area is 433 Å². The van der Waals surface area contributed by atoms with Gasteiger partial charge in [0.15, 0.2) is 0 Å². The maximum absolute atomic E-state index is 5.62. The molecule has 0 saturated carbocycles. The van der Waals surface area contributed by atoms with E-state index in [1.807, 2.05) is 18.2 Å². The molecular formula is C66H57IrN3Si-2. The largest absolute Gasteiger partial charge is 0.332 e. The summed E-state index contributed by atoms with van der Waals surface area (Å²) in [6.07, 6.45) is 3.24. The Morgan fingerprint density at radius 1 is 0.563 bits per heavy atom. The van der Waals surface area contributed by atoms with Gasteiger partial charge in [-0.05, 0) is 73.3 Å². The smallest absolute Gasteiger partial charge is 0.0859 e. The Hall–Kier alpha value is -7.01. The number of nitrogens with zero attached hydrogens (tertiary/aromatic N) is 3. The molecule has 1 radical (unpaired) electrons. The van der Waals surface area contributed by atoms with Gasteiger partial charge in [0, 0.05) is 48.3 Å². The van der Waals surface area contributed by atoms with E-state index in [1.54, 1.807) is 0 Å². The third-order valence-electron chi connectivity index (χ3n) is 14.1. The van der Waals surface area contributed by atoms with Crippen molar-refractivity contribution >= 4 is 45.8 Å². The first kappa shape index (κ1) is 47.7. The first-order valence-electron chi connectivity index (χ1n) is 24.7. The average Bonchev–Trinajstić information content (AvgIpc) is 3.90. The second kappa shape index (κ2) is 19.3. The van der Waals surface area contributed by atoms with Crippen molar-refractivity contribution in [2.24, 2.45) is 5.92 Å². The van der Waals surface area contributed by atoms with E-state index in [1.165, 1.54) is 54.7 Å². The zero-order valence-electron chi connectivity index (χ0n) is 41.5. The topological polar surface area (TPSA) is 30.7 Å². The molecular weight excluding hydrogens is 1060 g/mol. The number of hydrogen-bond donors (Lipinski definition) is 0. The Balaban J connectivity index is 0.000000234. The van der Waals surface area contributed by atoms with E-state index in [0.29, 0.717) is 5.92 Å². The fraction of sp³-hybridized carbons (Fsp3) is 0.152. The van der Waals surface area contributed by atoms with Gasteiger partial charge in [-0.1, -0.05) is 210 Å². The summed E-state index contributed by atoms with van der Waals surface area (Å²) in [5.41, 5.74) is 17.5. The molecule has 0 spiro atoms. The van der Waals surface area contributed by atoms with Crippen LogP contribution in [0.5, 0.6) is 0 Å². The maximum atomic E-state index is 5.62. The van der Waals surface area contributed by atoms with Crippen LogP contribution in [0.3, 0.4) is 0 Å². The fourth-order valence-corrected chi connectivity index (χ4v) is 12.3. The number of benzene rings is 9. The van der Waals surface area contributed by atoms with Gasteiger partial charge < -0.3 is 9.55 Å². The van der Waals surface area contributed by atoms with Crippen LogP contribution in [0, 0.1) is 18.1 Å². The molecule has 0 amide bonds. The average molecular weight is 1110 g/mol. The van der Waals surface area contributed by atoms with Gasteiger partial charge in [0.2, 0.25) is 0 Å². The minimum Gasteiger partial charge on any atom is -0.332 e. The van der Waals surface area contributed by atoms with Crippen molar-refractivity contribution in [1.29, 1.82) is 0 Å². The third kappa shape index (κ3) is 8.82. The minimum atomic E-state index is -1.34. The summed E-state index contributed by atoms with van der Waals surface area (Å²) in [5.74, 6) is 1.55. The van der Waals surface area contributed by atoms with E-state index >= 15 is 0 Å². The summed E-state index contributed by atoms with van der Waals surface area (Å²) in [7, 11) is -1.34. The quantitative estimate of drug-likeness (QED) is 0.0862. The van der Waals surface area contributed by atoms with Crippen LogP contribution in [-0.4, -0.2) is 22.6 Å². The second-order valence-corrected chi connectivity index (χ2v) is 25.8. The number of rotatable bonds is 8. The summed E-state index contributed by atoms with van der Waals surface area (Å²) >= 11 is 0. The van der Waals surface area contributed by atoms with E-state index in [0.717, 1.165) is 67.9 Å². The normalized spacial score (nSPS) is 12.6. The van der Waals surface area contributed by atoms with Crippen molar-refractivity contribution in [3.05, 3.63) is 229 Å². The molecule has 0 N–H and O–H groups in total. The van der Waals surface area contributed by atoms with E-state index in [-0.39, 0.29) is 25.5 Å². The monoisotopic (exact) mass is 1110 g/mol. The molecule has 1 aliphatic carbocycles. The van der Waals surface area contributed by atoms with Crippen LogP contribution in [0.4, 0.5) is 0 Å². The molecule has 3 nitrogen and oxygen atoms in total. The Morgan fingerprint density at radius 2 is 1.20 bits per heavy atom. The molecule has 0 aliphatic heterocycles. The van der Waals surface area contributed by atoms with E-state index < -0.39 is 8.07 Å². The van der Waals surface area contributed by atoms with Crippen LogP contribution in [0.2, 0.25) is 19.6 Å². The number of pyridine rings is 1. The SMILES string of the molecule is CC(C)Cc1cc(-c2[c-]cccc2)ncc1[Si](C)(C)C.CC1(C)c2c[c-]c(-c3nc4c5ccccc5c5ccccc5c4n3-c3cc(-c4ccccc4)ccc3-c3ccccc3)cc2-c2ccccc21.[Ir]. The van der Waals surface area contributed by atoms with Crippen molar-refractivity contribution in [2.45, 2.75) is 59.2 Å². The van der Waals surface area contributed by atoms with E-state index in [2.05, 4.69) is 251 Å². The zero-order valence-corrected chi connectivity index (χ0v) is 44.9. The number of hydrogen-bond acceptors (Lipinski definition) is 2. The van der Waals surface area contributed by atoms with Crippen molar-refractivity contribution in [1.82, 2.24) is 14.5 Å². The molecule has 2 aromatic heterocycles. The third-order valence-corrected chi connectivity index (χ3v) is 16.2. The predicted molar refractivity (Wildman–Crippen MR) is 299 cm³/mol. The molecule has 0 unspecified atom stereocenters. The van der Waals surface area contributed by atoms with Gasteiger partial charge in [-0.25, -0.2) is 0 Å². The molecule has 0 atom stereocenters. The van der Waals surface area contributed by atoms with Crippen LogP contribution < -0.4 is 5.19 Å².